The van der Waals surface area contributed by atoms with Crippen LogP contribution in [0.15, 0.2) is 36.4 Å². The Morgan fingerprint density at radius 2 is 1.74 bits per heavy atom. The van der Waals surface area contributed by atoms with E-state index in [1.807, 2.05) is 33.8 Å². The third-order valence-electron chi connectivity index (χ3n) is 5.43. The molecule has 7 nitrogen and oxygen atoms in total. The second-order valence-corrected chi connectivity index (χ2v) is 8.03. The van der Waals surface area contributed by atoms with E-state index in [1.54, 1.807) is 18.2 Å². The zero-order valence-electron chi connectivity index (χ0n) is 22.9. The highest BCUT2D eigenvalue weighted by Gasteiger charge is 2.29. The van der Waals surface area contributed by atoms with Crippen LogP contribution in [-0.4, -0.2) is 63.2 Å². The van der Waals surface area contributed by atoms with Crippen molar-refractivity contribution < 1.29 is 32.5 Å². The van der Waals surface area contributed by atoms with Crippen molar-refractivity contribution in [2.75, 3.05) is 50.9 Å². The van der Waals surface area contributed by atoms with Gasteiger partial charge in [0.05, 0.1) is 11.3 Å². The molecule has 4 N–H and O–H groups in total. The molecule has 1 amide bonds. The van der Waals surface area contributed by atoms with Gasteiger partial charge in [0.1, 0.15) is 6.61 Å². The Hall–Kier alpha value is -2.98. The SMILES string of the molecule is CC.CC.NC(=O)c1cc(CCNCCOc2ccccc2OCC(F)(F)F)cc2c1N(CCCO)CC2. The molecule has 0 fully saturated rings. The van der Waals surface area contributed by atoms with Crippen LogP contribution in [0.5, 0.6) is 11.5 Å². The van der Waals surface area contributed by atoms with E-state index in [-0.39, 0.29) is 24.7 Å². The second-order valence-electron chi connectivity index (χ2n) is 8.03. The van der Waals surface area contributed by atoms with Crippen LogP contribution in [-0.2, 0) is 12.8 Å². The molecule has 0 atom stereocenters. The quantitative estimate of drug-likeness (QED) is 0.317. The van der Waals surface area contributed by atoms with E-state index >= 15 is 0 Å². The van der Waals surface area contributed by atoms with Crippen LogP contribution >= 0.6 is 0 Å². The summed E-state index contributed by atoms with van der Waals surface area (Å²) >= 11 is 0. The summed E-state index contributed by atoms with van der Waals surface area (Å²) in [5.41, 5.74) is 9.09. The Labute approximate surface area is 224 Å². The number of para-hydroxylation sites is 2. The van der Waals surface area contributed by atoms with E-state index in [1.165, 1.54) is 6.07 Å². The number of nitrogens with two attached hydrogens (primary N) is 1. The predicted molar refractivity (Wildman–Crippen MR) is 145 cm³/mol. The molecule has 2 aromatic rings. The minimum Gasteiger partial charge on any atom is -0.488 e. The molecular weight excluding hydrogens is 499 g/mol. The van der Waals surface area contributed by atoms with Crippen molar-refractivity contribution in [1.82, 2.24) is 5.32 Å². The van der Waals surface area contributed by atoms with Crippen molar-refractivity contribution in [3.05, 3.63) is 53.1 Å². The number of carbonyl (C=O) groups excluding carboxylic acids is 1. The molecule has 0 saturated carbocycles. The minimum absolute atomic E-state index is 0.0463. The number of ether oxygens (including phenoxy) is 2. The molecule has 3 rings (SSSR count). The van der Waals surface area contributed by atoms with Gasteiger partial charge in [0, 0.05) is 26.2 Å². The maximum Gasteiger partial charge on any atom is 0.422 e. The van der Waals surface area contributed by atoms with Crippen LogP contribution in [0.1, 0.15) is 55.6 Å². The number of anilines is 1. The van der Waals surface area contributed by atoms with Crippen molar-refractivity contribution in [2.45, 2.75) is 53.1 Å². The van der Waals surface area contributed by atoms with Gasteiger partial charge >= 0.3 is 6.18 Å². The summed E-state index contributed by atoms with van der Waals surface area (Å²) in [5.74, 6) is -0.171. The lowest BCUT2D eigenvalue weighted by molar-refractivity contribution is -0.153. The molecule has 0 unspecified atom stereocenters. The van der Waals surface area contributed by atoms with Gasteiger partial charge in [-0.15, -0.1) is 0 Å². The first-order valence-electron chi connectivity index (χ1n) is 13.2. The monoisotopic (exact) mass is 541 g/mol. The zero-order chi connectivity index (χ0) is 28.6. The van der Waals surface area contributed by atoms with E-state index in [4.69, 9.17) is 20.3 Å². The molecule has 0 aliphatic carbocycles. The number of nitrogens with one attached hydrogen (secondary N) is 1. The van der Waals surface area contributed by atoms with Gasteiger partial charge < -0.3 is 30.5 Å². The molecule has 38 heavy (non-hydrogen) atoms. The largest absolute Gasteiger partial charge is 0.488 e. The van der Waals surface area contributed by atoms with Crippen molar-refractivity contribution in [3.8, 4) is 11.5 Å². The summed E-state index contributed by atoms with van der Waals surface area (Å²) in [6.07, 6.45) is -2.29. The average Bonchev–Trinajstić information content (AvgIpc) is 3.32. The Morgan fingerprint density at radius 1 is 1.08 bits per heavy atom. The Bertz CT molecular complexity index is 971. The van der Waals surface area contributed by atoms with Crippen molar-refractivity contribution in [1.29, 1.82) is 0 Å². The number of rotatable bonds is 13. The first-order chi connectivity index (χ1) is 18.3. The van der Waals surface area contributed by atoms with Gasteiger partial charge in [-0.2, -0.15) is 13.2 Å². The van der Waals surface area contributed by atoms with E-state index in [0.717, 1.165) is 29.8 Å². The van der Waals surface area contributed by atoms with Gasteiger partial charge in [-0.1, -0.05) is 45.9 Å². The number of aliphatic hydroxyl groups is 1. The van der Waals surface area contributed by atoms with E-state index < -0.39 is 18.7 Å². The van der Waals surface area contributed by atoms with Gasteiger partial charge in [-0.3, -0.25) is 4.79 Å². The third kappa shape index (κ3) is 10.8. The van der Waals surface area contributed by atoms with Crippen LogP contribution in [0, 0.1) is 0 Å². The van der Waals surface area contributed by atoms with E-state index in [9.17, 15) is 18.0 Å². The predicted octanol–water partition coefficient (Wildman–Crippen LogP) is 4.74. The number of carbonyl (C=O) groups is 1. The normalized spacial score (nSPS) is 12.1. The van der Waals surface area contributed by atoms with Crippen molar-refractivity contribution in [2.24, 2.45) is 5.73 Å². The highest BCUT2D eigenvalue weighted by atomic mass is 19.4. The highest BCUT2D eigenvalue weighted by Crippen LogP contribution is 2.33. The molecule has 0 spiro atoms. The fraction of sp³-hybridized carbons (Fsp3) is 0.536. The lowest BCUT2D eigenvalue weighted by Crippen LogP contribution is -2.26. The number of amides is 1. The summed E-state index contributed by atoms with van der Waals surface area (Å²) in [5, 5.41) is 12.3. The van der Waals surface area contributed by atoms with Crippen LogP contribution in [0.25, 0.3) is 0 Å². The maximum atomic E-state index is 12.4. The average molecular weight is 542 g/mol. The number of alkyl halides is 3. The minimum atomic E-state index is -4.42. The third-order valence-corrected chi connectivity index (χ3v) is 5.43. The number of primary amides is 1. The number of benzene rings is 2. The molecular formula is C28H42F3N3O4. The topological polar surface area (TPSA) is 97.1 Å². The lowest BCUT2D eigenvalue weighted by atomic mass is 10.00. The van der Waals surface area contributed by atoms with Gasteiger partial charge in [0.25, 0.3) is 5.91 Å². The standard InChI is InChI=1S/C24H30F3N3O4.2C2H6/c25-24(26,27)16-34-21-5-2-1-4-20(21)33-13-9-29-8-6-17-14-18-7-11-30(10-3-12-31)22(18)19(15-17)23(28)32;2*1-2/h1-2,4-5,14-15,29,31H,3,6-13,16H2,(H2,28,32);2*1-2H3. The number of nitrogens with zero attached hydrogens (tertiary/aromatic N) is 1. The first kappa shape index (κ1) is 33.0. The molecule has 10 heteroatoms. The highest BCUT2D eigenvalue weighted by molar-refractivity contribution is 6.00. The van der Waals surface area contributed by atoms with E-state index in [2.05, 4.69) is 16.3 Å². The molecule has 0 bridgehead atoms. The molecule has 1 aliphatic rings. The molecule has 2 aromatic carbocycles. The Morgan fingerprint density at radius 3 is 2.34 bits per heavy atom. The molecule has 1 aliphatic heterocycles. The molecule has 0 radical (unpaired) electrons. The Kier molecular flexibility index (Phi) is 15.2. The lowest BCUT2D eigenvalue weighted by Gasteiger charge is -2.21. The summed E-state index contributed by atoms with van der Waals surface area (Å²) in [4.78, 5) is 14.2. The molecule has 214 valence electrons. The number of halogens is 3. The number of hydrogen-bond donors (Lipinski definition) is 3. The fourth-order valence-electron chi connectivity index (χ4n) is 3.95. The maximum absolute atomic E-state index is 12.4. The van der Waals surface area contributed by atoms with E-state index in [0.29, 0.717) is 38.0 Å². The summed E-state index contributed by atoms with van der Waals surface area (Å²) in [6, 6.07) is 10.2. The molecule has 1 heterocycles. The smallest absolute Gasteiger partial charge is 0.422 e. The number of fused-ring (bicyclic) bond motifs is 1. The van der Waals surface area contributed by atoms with Gasteiger partial charge in [-0.25, -0.2) is 0 Å². The summed E-state index contributed by atoms with van der Waals surface area (Å²) in [7, 11) is 0. The fourth-order valence-corrected chi connectivity index (χ4v) is 3.95. The van der Waals surface area contributed by atoms with Crippen molar-refractivity contribution >= 4 is 11.6 Å². The van der Waals surface area contributed by atoms with Crippen LogP contribution in [0.3, 0.4) is 0 Å². The second kappa shape index (κ2) is 17.5. The van der Waals surface area contributed by atoms with Gasteiger partial charge in [-0.05, 0) is 55.1 Å². The van der Waals surface area contributed by atoms with Crippen LogP contribution in [0.2, 0.25) is 0 Å². The Balaban J connectivity index is 0.00000172. The van der Waals surface area contributed by atoms with Gasteiger partial charge in [0.2, 0.25) is 0 Å². The van der Waals surface area contributed by atoms with Crippen LogP contribution < -0.4 is 25.4 Å². The van der Waals surface area contributed by atoms with Crippen LogP contribution in [0.4, 0.5) is 18.9 Å². The molecule has 0 aromatic heterocycles. The first-order valence-corrected chi connectivity index (χ1v) is 13.2. The molecule has 0 saturated heterocycles. The van der Waals surface area contributed by atoms with Crippen molar-refractivity contribution in [3.63, 3.8) is 0 Å². The number of aliphatic hydroxyl groups excluding tert-OH is 1. The summed E-state index contributed by atoms with van der Waals surface area (Å²) < 4.78 is 47.6. The van der Waals surface area contributed by atoms with Gasteiger partial charge in [0.15, 0.2) is 18.1 Å². The number of hydrogen-bond acceptors (Lipinski definition) is 6. The zero-order valence-corrected chi connectivity index (χ0v) is 22.9. The summed E-state index contributed by atoms with van der Waals surface area (Å²) in [6.45, 7) is 9.55.